The van der Waals surface area contributed by atoms with Crippen LogP contribution in [-0.4, -0.2) is 27.1 Å². The van der Waals surface area contributed by atoms with Crippen LogP contribution in [0.2, 0.25) is 0 Å². The molecule has 0 aliphatic heterocycles. The molecule has 0 atom stereocenters. The third kappa shape index (κ3) is 4.18. The van der Waals surface area contributed by atoms with Gasteiger partial charge in [0.05, 0.1) is 29.8 Å². The number of benzene rings is 3. The smallest absolute Gasteiger partial charge is 0.210 e. The minimum absolute atomic E-state index is 0.0858. The summed E-state index contributed by atoms with van der Waals surface area (Å²) >= 11 is 0. The van der Waals surface area contributed by atoms with Crippen molar-refractivity contribution in [3.8, 4) is 11.5 Å². The van der Waals surface area contributed by atoms with E-state index in [2.05, 4.69) is 10.3 Å². The Morgan fingerprint density at radius 3 is 2.48 bits per heavy atom. The molecule has 0 unspecified atom stereocenters. The summed E-state index contributed by atoms with van der Waals surface area (Å²) < 4.78 is 37.9. The van der Waals surface area contributed by atoms with Crippen LogP contribution >= 0.6 is 0 Å². The lowest BCUT2D eigenvalue weighted by Gasteiger charge is -2.16. The molecule has 1 N–H and O–H groups in total. The third-order valence-electron chi connectivity index (χ3n) is 4.80. The summed E-state index contributed by atoms with van der Waals surface area (Å²) in [6.07, 6.45) is 1.40. The Balaban J connectivity index is 1.95. The molecule has 0 aliphatic carbocycles. The Morgan fingerprint density at radius 2 is 1.74 bits per heavy atom. The van der Waals surface area contributed by atoms with Gasteiger partial charge in [-0.25, -0.2) is 8.42 Å². The molecule has 0 saturated carbocycles. The zero-order chi connectivity index (χ0) is 21.8. The summed E-state index contributed by atoms with van der Waals surface area (Å²) in [7, 11) is -2.24. The van der Waals surface area contributed by atoms with Gasteiger partial charge in [0, 0.05) is 23.3 Å². The maximum Gasteiger partial charge on any atom is 0.210 e. The summed E-state index contributed by atoms with van der Waals surface area (Å²) in [6.45, 7) is 2.40. The van der Waals surface area contributed by atoms with E-state index >= 15 is 0 Å². The van der Waals surface area contributed by atoms with Crippen LogP contribution in [0.25, 0.3) is 10.9 Å². The van der Waals surface area contributed by atoms with Gasteiger partial charge in [0.15, 0.2) is 0 Å². The van der Waals surface area contributed by atoms with Gasteiger partial charge >= 0.3 is 0 Å². The number of pyridine rings is 1. The van der Waals surface area contributed by atoms with Gasteiger partial charge in [-0.2, -0.15) is 0 Å². The van der Waals surface area contributed by atoms with Gasteiger partial charge in [0.2, 0.25) is 9.84 Å². The first-order valence-corrected chi connectivity index (χ1v) is 11.3. The first-order chi connectivity index (χ1) is 15.0. The summed E-state index contributed by atoms with van der Waals surface area (Å²) in [5, 5.41) is 3.92. The Hall–Kier alpha value is -3.58. The molecule has 0 aliphatic rings. The number of nitrogens with zero attached hydrogens (tertiary/aromatic N) is 1. The summed E-state index contributed by atoms with van der Waals surface area (Å²) in [5.41, 5.74) is 1.78. The highest BCUT2D eigenvalue weighted by Gasteiger charge is 2.24. The van der Waals surface area contributed by atoms with Crippen LogP contribution in [0.3, 0.4) is 0 Å². The highest BCUT2D eigenvalue weighted by atomic mass is 32.2. The van der Waals surface area contributed by atoms with Crippen molar-refractivity contribution in [1.29, 1.82) is 0 Å². The van der Waals surface area contributed by atoms with E-state index in [1.807, 2.05) is 37.3 Å². The highest BCUT2D eigenvalue weighted by molar-refractivity contribution is 7.91. The van der Waals surface area contributed by atoms with Crippen LogP contribution in [-0.2, 0) is 9.84 Å². The molecule has 158 valence electrons. The second-order valence-corrected chi connectivity index (χ2v) is 8.70. The molecule has 0 radical (unpaired) electrons. The topological polar surface area (TPSA) is 77.5 Å². The standard InChI is InChI=1S/C24H22N2O4S/c1-3-30-19-12-13-22-21(15-19)24(26-17-8-7-9-18(14-17)29-2)23(16-25-22)31(27,28)20-10-5-4-6-11-20/h4-16H,3H2,1-2H3,(H,25,26). The molecular formula is C24H22N2O4S. The molecule has 0 amide bonds. The molecule has 7 heteroatoms. The Bertz CT molecular complexity index is 1320. The molecule has 0 bridgehead atoms. The van der Waals surface area contributed by atoms with Crippen LogP contribution in [0.4, 0.5) is 11.4 Å². The molecule has 6 nitrogen and oxygen atoms in total. The Kier molecular flexibility index (Phi) is 5.77. The van der Waals surface area contributed by atoms with E-state index < -0.39 is 9.84 Å². The number of sulfone groups is 1. The number of fused-ring (bicyclic) bond motifs is 1. The van der Waals surface area contributed by atoms with Crippen LogP contribution in [0, 0.1) is 0 Å². The predicted molar refractivity (Wildman–Crippen MR) is 121 cm³/mol. The molecule has 4 rings (SSSR count). The van der Waals surface area contributed by atoms with Crippen molar-refractivity contribution in [2.45, 2.75) is 16.7 Å². The molecule has 0 saturated heterocycles. The lowest BCUT2D eigenvalue weighted by Crippen LogP contribution is -2.07. The van der Waals surface area contributed by atoms with Gasteiger partial charge in [-0.3, -0.25) is 4.98 Å². The van der Waals surface area contributed by atoms with Gasteiger partial charge in [-0.15, -0.1) is 0 Å². The number of hydrogen-bond acceptors (Lipinski definition) is 6. The average Bonchev–Trinajstić information content (AvgIpc) is 2.80. The first-order valence-electron chi connectivity index (χ1n) is 9.79. The normalized spacial score (nSPS) is 11.3. The fraction of sp³-hybridized carbons (Fsp3) is 0.125. The van der Waals surface area contributed by atoms with Crippen LogP contribution in [0.15, 0.2) is 88.8 Å². The summed E-state index contributed by atoms with van der Waals surface area (Å²) in [4.78, 5) is 4.70. The number of nitrogens with one attached hydrogen (secondary N) is 1. The van der Waals surface area contributed by atoms with Crippen molar-refractivity contribution in [3.05, 3.63) is 79.0 Å². The largest absolute Gasteiger partial charge is 0.497 e. The lowest BCUT2D eigenvalue weighted by molar-refractivity contribution is 0.340. The number of hydrogen-bond donors (Lipinski definition) is 1. The zero-order valence-corrected chi connectivity index (χ0v) is 18.0. The van der Waals surface area contributed by atoms with Crippen molar-refractivity contribution in [1.82, 2.24) is 4.98 Å². The quantitative estimate of drug-likeness (QED) is 0.430. The summed E-state index contributed by atoms with van der Waals surface area (Å²) in [5.74, 6) is 1.30. The van der Waals surface area contributed by atoms with Crippen LogP contribution < -0.4 is 14.8 Å². The minimum atomic E-state index is -3.82. The van der Waals surface area contributed by atoms with Gasteiger partial charge < -0.3 is 14.8 Å². The molecule has 3 aromatic carbocycles. The third-order valence-corrected chi connectivity index (χ3v) is 6.58. The lowest BCUT2D eigenvalue weighted by atomic mass is 10.1. The van der Waals surface area contributed by atoms with E-state index in [-0.39, 0.29) is 9.79 Å². The Labute approximate surface area is 181 Å². The highest BCUT2D eigenvalue weighted by Crippen LogP contribution is 2.37. The van der Waals surface area contributed by atoms with Crippen LogP contribution in [0.5, 0.6) is 11.5 Å². The molecule has 0 spiro atoms. The number of anilines is 2. The number of methoxy groups -OCH3 is 1. The van der Waals surface area contributed by atoms with Crippen molar-refractivity contribution in [2.24, 2.45) is 0 Å². The van der Waals surface area contributed by atoms with E-state index in [4.69, 9.17) is 9.47 Å². The van der Waals surface area contributed by atoms with Crippen LogP contribution in [0.1, 0.15) is 6.92 Å². The fourth-order valence-electron chi connectivity index (χ4n) is 3.31. The number of ether oxygens (including phenoxy) is 2. The van der Waals surface area contributed by atoms with Crippen molar-refractivity contribution >= 4 is 32.1 Å². The molecule has 1 aromatic heterocycles. The van der Waals surface area contributed by atoms with E-state index in [1.165, 1.54) is 6.20 Å². The van der Waals surface area contributed by atoms with Gasteiger partial charge in [-0.05, 0) is 49.4 Å². The fourth-order valence-corrected chi connectivity index (χ4v) is 4.70. The molecule has 4 aromatic rings. The van der Waals surface area contributed by atoms with Gasteiger partial charge in [0.1, 0.15) is 16.4 Å². The second-order valence-electron chi connectivity index (χ2n) is 6.78. The van der Waals surface area contributed by atoms with Crippen molar-refractivity contribution in [3.63, 3.8) is 0 Å². The molecule has 0 fully saturated rings. The van der Waals surface area contributed by atoms with Crippen molar-refractivity contribution < 1.29 is 17.9 Å². The zero-order valence-electron chi connectivity index (χ0n) is 17.2. The van der Waals surface area contributed by atoms with E-state index in [1.54, 1.807) is 49.6 Å². The monoisotopic (exact) mass is 434 g/mol. The van der Waals surface area contributed by atoms with Crippen molar-refractivity contribution in [2.75, 3.05) is 19.0 Å². The summed E-state index contributed by atoms with van der Waals surface area (Å²) in [6, 6.07) is 21.1. The van der Waals surface area contributed by atoms with Gasteiger partial charge in [0.25, 0.3) is 0 Å². The minimum Gasteiger partial charge on any atom is -0.497 e. The SMILES string of the molecule is CCOc1ccc2ncc(S(=O)(=O)c3ccccc3)c(Nc3cccc(OC)c3)c2c1. The molecular weight excluding hydrogens is 412 g/mol. The Morgan fingerprint density at radius 1 is 0.935 bits per heavy atom. The number of aromatic nitrogens is 1. The predicted octanol–water partition coefficient (Wildman–Crippen LogP) is 5.22. The molecule has 31 heavy (non-hydrogen) atoms. The average molecular weight is 435 g/mol. The number of rotatable bonds is 7. The molecule has 1 heterocycles. The van der Waals surface area contributed by atoms with E-state index in [0.29, 0.717) is 40.4 Å². The van der Waals surface area contributed by atoms with E-state index in [0.717, 1.165) is 0 Å². The second kappa shape index (κ2) is 8.65. The van der Waals surface area contributed by atoms with Gasteiger partial charge in [-0.1, -0.05) is 24.3 Å². The maximum absolute atomic E-state index is 13.5. The van der Waals surface area contributed by atoms with E-state index in [9.17, 15) is 8.42 Å². The maximum atomic E-state index is 13.5. The first kappa shape index (κ1) is 20.7.